The van der Waals surface area contributed by atoms with Gasteiger partial charge in [0.25, 0.3) is 0 Å². The van der Waals surface area contributed by atoms with Crippen molar-refractivity contribution in [2.45, 2.75) is 0 Å². The number of carbonyl (C=O) groups is 2. The van der Waals surface area contributed by atoms with Gasteiger partial charge in [0.2, 0.25) is 0 Å². The van der Waals surface area contributed by atoms with Gasteiger partial charge < -0.3 is 19.1 Å². The van der Waals surface area contributed by atoms with Crippen LogP contribution in [0.1, 0.15) is 0 Å². The summed E-state index contributed by atoms with van der Waals surface area (Å²) in [7, 11) is 2.40. The van der Waals surface area contributed by atoms with Crippen LogP contribution in [0.3, 0.4) is 0 Å². The Morgan fingerprint density at radius 3 is 2.26 bits per heavy atom. The standard InChI is InChI=1S/C14H12Br2FNO5/c1-21-13(19)8-5-23-6-18(11(8)14(20)22-2)12-9(15)3-7(17)4-10(12)16/h3-4H,5-6H2,1-2H3. The lowest BCUT2D eigenvalue weighted by molar-refractivity contribution is -0.140. The number of rotatable bonds is 3. The molecule has 124 valence electrons. The quantitative estimate of drug-likeness (QED) is 0.657. The highest BCUT2D eigenvalue weighted by Gasteiger charge is 2.34. The van der Waals surface area contributed by atoms with Crippen molar-refractivity contribution in [3.05, 3.63) is 38.2 Å². The van der Waals surface area contributed by atoms with Crippen LogP contribution in [0.5, 0.6) is 0 Å². The van der Waals surface area contributed by atoms with Crippen LogP contribution in [0.2, 0.25) is 0 Å². The topological polar surface area (TPSA) is 65.1 Å². The molecule has 1 heterocycles. The third-order valence-corrected chi connectivity index (χ3v) is 4.29. The van der Waals surface area contributed by atoms with Crippen LogP contribution in [-0.4, -0.2) is 39.5 Å². The zero-order valence-electron chi connectivity index (χ0n) is 12.2. The Bertz CT molecular complexity index is 669. The molecule has 0 unspecified atom stereocenters. The number of methoxy groups -OCH3 is 2. The normalized spacial score (nSPS) is 14.7. The van der Waals surface area contributed by atoms with Crippen molar-refractivity contribution < 1.29 is 28.2 Å². The Morgan fingerprint density at radius 1 is 1.17 bits per heavy atom. The van der Waals surface area contributed by atoms with Gasteiger partial charge in [-0.3, -0.25) is 0 Å². The van der Waals surface area contributed by atoms with Gasteiger partial charge in [0.15, 0.2) is 0 Å². The zero-order chi connectivity index (χ0) is 17.1. The summed E-state index contributed by atoms with van der Waals surface area (Å²) in [6.07, 6.45) is 0. The van der Waals surface area contributed by atoms with Crippen molar-refractivity contribution >= 4 is 49.5 Å². The molecule has 1 aliphatic rings. The molecule has 9 heteroatoms. The largest absolute Gasteiger partial charge is 0.466 e. The van der Waals surface area contributed by atoms with Crippen LogP contribution in [0.15, 0.2) is 32.3 Å². The predicted octanol–water partition coefficient (Wildman–Crippen LogP) is 2.74. The SMILES string of the molecule is COC(=O)C1=C(C(=O)OC)N(c2c(Br)cc(F)cc2Br)COC1. The Labute approximate surface area is 148 Å². The molecule has 0 aliphatic carbocycles. The van der Waals surface area contributed by atoms with Gasteiger partial charge in [-0.1, -0.05) is 0 Å². The molecule has 6 nitrogen and oxygen atoms in total. The summed E-state index contributed by atoms with van der Waals surface area (Å²) in [5, 5.41) is 0. The number of carbonyl (C=O) groups excluding carboxylic acids is 2. The second kappa shape index (κ2) is 7.41. The summed E-state index contributed by atoms with van der Waals surface area (Å²) in [4.78, 5) is 25.5. The van der Waals surface area contributed by atoms with Crippen molar-refractivity contribution in [3.8, 4) is 0 Å². The van der Waals surface area contributed by atoms with Crippen LogP contribution >= 0.6 is 31.9 Å². The van der Waals surface area contributed by atoms with E-state index in [9.17, 15) is 14.0 Å². The fraction of sp³-hybridized carbons (Fsp3) is 0.286. The Kier molecular flexibility index (Phi) is 5.77. The summed E-state index contributed by atoms with van der Waals surface area (Å²) in [6.45, 7) is -0.113. The van der Waals surface area contributed by atoms with E-state index in [1.165, 1.54) is 31.3 Å². The zero-order valence-corrected chi connectivity index (χ0v) is 15.4. The van der Waals surface area contributed by atoms with Crippen molar-refractivity contribution in [3.63, 3.8) is 0 Å². The Hall–Kier alpha value is -1.45. The van der Waals surface area contributed by atoms with Crippen molar-refractivity contribution in [2.24, 2.45) is 0 Å². The fourth-order valence-electron chi connectivity index (χ4n) is 2.11. The molecule has 1 aromatic rings. The molecule has 0 saturated carbocycles. The van der Waals surface area contributed by atoms with Crippen LogP contribution in [0.4, 0.5) is 10.1 Å². The third kappa shape index (κ3) is 3.56. The number of esters is 2. The van der Waals surface area contributed by atoms with Gasteiger partial charge >= 0.3 is 11.9 Å². The number of benzene rings is 1. The molecule has 2 rings (SSSR count). The van der Waals surface area contributed by atoms with E-state index in [1.54, 1.807) is 0 Å². The molecule has 0 aromatic heterocycles. The molecule has 0 amide bonds. The van der Waals surface area contributed by atoms with Crippen molar-refractivity contribution in [1.29, 1.82) is 0 Å². The van der Waals surface area contributed by atoms with Gasteiger partial charge in [-0.25, -0.2) is 14.0 Å². The first-order chi connectivity index (χ1) is 10.9. The maximum atomic E-state index is 13.5. The summed E-state index contributed by atoms with van der Waals surface area (Å²) >= 11 is 6.50. The molecule has 0 radical (unpaired) electrons. The van der Waals surface area contributed by atoms with Gasteiger partial charge in [0.1, 0.15) is 18.2 Å². The first kappa shape index (κ1) is 17.9. The first-order valence-electron chi connectivity index (χ1n) is 6.30. The summed E-state index contributed by atoms with van der Waals surface area (Å²) in [6, 6.07) is 2.48. The van der Waals surface area contributed by atoms with E-state index in [0.29, 0.717) is 14.6 Å². The molecule has 23 heavy (non-hydrogen) atoms. The van der Waals surface area contributed by atoms with E-state index in [1.807, 2.05) is 0 Å². The van der Waals surface area contributed by atoms with Crippen LogP contribution in [0, 0.1) is 5.82 Å². The maximum Gasteiger partial charge on any atom is 0.355 e. The number of halogens is 3. The van der Waals surface area contributed by atoms with E-state index in [2.05, 4.69) is 36.6 Å². The van der Waals surface area contributed by atoms with Crippen LogP contribution < -0.4 is 4.90 Å². The molecular formula is C14H12Br2FNO5. The van der Waals surface area contributed by atoms with Gasteiger partial charge in [-0.05, 0) is 44.0 Å². The number of nitrogens with zero attached hydrogens (tertiary/aromatic N) is 1. The summed E-state index contributed by atoms with van der Waals surface area (Å²) < 4.78 is 29.0. The minimum absolute atomic E-state index is 0.0152. The molecule has 0 spiro atoms. The Morgan fingerprint density at radius 2 is 1.74 bits per heavy atom. The van der Waals surface area contributed by atoms with Gasteiger partial charge in [-0.15, -0.1) is 0 Å². The van der Waals surface area contributed by atoms with Gasteiger partial charge in [-0.2, -0.15) is 0 Å². The molecule has 0 fully saturated rings. The number of anilines is 1. The lowest BCUT2D eigenvalue weighted by Gasteiger charge is -2.32. The highest BCUT2D eigenvalue weighted by molar-refractivity contribution is 9.11. The van der Waals surface area contributed by atoms with Gasteiger partial charge in [0.05, 0.1) is 32.1 Å². The Balaban J connectivity index is 2.65. The van der Waals surface area contributed by atoms with Crippen LogP contribution in [-0.2, 0) is 23.8 Å². The van der Waals surface area contributed by atoms with Crippen LogP contribution in [0.25, 0.3) is 0 Å². The second-order valence-electron chi connectivity index (χ2n) is 4.43. The van der Waals surface area contributed by atoms with Crippen molar-refractivity contribution in [2.75, 3.05) is 32.5 Å². The molecule has 0 bridgehead atoms. The van der Waals surface area contributed by atoms with E-state index in [-0.39, 0.29) is 24.6 Å². The van der Waals surface area contributed by atoms with E-state index < -0.39 is 17.8 Å². The minimum atomic E-state index is -0.725. The molecule has 0 atom stereocenters. The number of hydrogen-bond donors (Lipinski definition) is 0. The summed E-state index contributed by atoms with van der Waals surface area (Å²) in [5.41, 5.74) is 0.431. The average molecular weight is 453 g/mol. The fourth-order valence-corrected chi connectivity index (χ4v) is 3.67. The first-order valence-corrected chi connectivity index (χ1v) is 7.88. The molecule has 0 saturated heterocycles. The minimum Gasteiger partial charge on any atom is -0.466 e. The summed E-state index contributed by atoms with van der Waals surface area (Å²) in [5.74, 6) is -1.90. The molecule has 0 N–H and O–H groups in total. The second-order valence-corrected chi connectivity index (χ2v) is 6.14. The molecule has 1 aliphatic heterocycles. The molecule has 1 aromatic carbocycles. The third-order valence-electron chi connectivity index (χ3n) is 3.08. The van der Waals surface area contributed by atoms with E-state index in [4.69, 9.17) is 9.47 Å². The van der Waals surface area contributed by atoms with Gasteiger partial charge in [0, 0.05) is 8.95 Å². The average Bonchev–Trinajstić information content (AvgIpc) is 2.52. The maximum absolute atomic E-state index is 13.5. The predicted molar refractivity (Wildman–Crippen MR) is 86.2 cm³/mol. The monoisotopic (exact) mass is 451 g/mol. The highest BCUT2D eigenvalue weighted by Crippen LogP contribution is 2.39. The smallest absolute Gasteiger partial charge is 0.355 e. The lowest BCUT2D eigenvalue weighted by Crippen LogP contribution is -2.39. The van der Waals surface area contributed by atoms with E-state index in [0.717, 1.165) is 0 Å². The number of ether oxygens (including phenoxy) is 3. The number of hydrogen-bond acceptors (Lipinski definition) is 6. The highest BCUT2D eigenvalue weighted by atomic mass is 79.9. The van der Waals surface area contributed by atoms with E-state index >= 15 is 0 Å². The van der Waals surface area contributed by atoms with Crippen molar-refractivity contribution in [1.82, 2.24) is 0 Å². The molecular weight excluding hydrogens is 441 g/mol. The lowest BCUT2D eigenvalue weighted by atomic mass is 10.1.